The Hall–Kier alpha value is -2.76. The SMILES string of the molecule is CN(C)CCNC(=O)Nc1ccc(-c2nc(N3CCOCC3)cc(C3(S(C)(=O)=O)CCCC3)n2)cc1. The molecule has 0 spiro atoms. The monoisotopic (exact) mass is 516 g/mol. The van der Waals surface area contributed by atoms with Crippen LogP contribution in [0.25, 0.3) is 11.4 Å². The normalized spacial score (nSPS) is 17.8. The second-order valence-corrected chi connectivity index (χ2v) is 12.1. The third kappa shape index (κ3) is 5.96. The summed E-state index contributed by atoms with van der Waals surface area (Å²) in [6.07, 6.45) is 4.17. The molecule has 1 aromatic carbocycles. The second-order valence-electron chi connectivity index (χ2n) is 9.77. The number of rotatable bonds is 8. The van der Waals surface area contributed by atoms with E-state index in [-0.39, 0.29) is 6.03 Å². The third-order valence-corrected chi connectivity index (χ3v) is 8.92. The molecule has 11 heteroatoms. The summed E-state index contributed by atoms with van der Waals surface area (Å²) in [5, 5.41) is 5.65. The Balaban J connectivity index is 1.63. The molecular weight excluding hydrogens is 480 g/mol. The number of carbonyl (C=O) groups excluding carboxylic acids is 1. The number of ether oxygens (including phenoxy) is 1. The maximum atomic E-state index is 13.0. The first-order valence-corrected chi connectivity index (χ1v) is 14.3. The first-order valence-electron chi connectivity index (χ1n) is 12.4. The Labute approximate surface area is 213 Å². The van der Waals surface area contributed by atoms with Crippen LogP contribution in [0.15, 0.2) is 30.3 Å². The number of nitrogens with one attached hydrogen (secondary N) is 2. The molecule has 2 N–H and O–H groups in total. The number of hydrogen-bond donors (Lipinski definition) is 2. The number of hydrogen-bond acceptors (Lipinski definition) is 8. The number of urea groups is 1. The van der Waals surface area contributed by atoms with Gasteiger partial charge in [0, 0.05) is 49.8 Å². The molecule has 4 rings (SSSR count). The lowest BCUT2D eigenvalue weighted by molar-refractivity contribution is 0.122. The summed E-state index contributed by atoms with van der Waals surface area (Å²) in [6.45, 7) is 3.87. The van der Waals surface area contributed by atoms with Gasteiger partial charge in [0.2, 0.25) is 0 Å². The van der Waals surface area contributed by atoms with Gasteiger partial charge in [0.05, 0.1) is 18.9 Å². The fourth-order valence-electron chi connectivity index (χ4n) is 4.79. The van der Waals surface area contributed by atoms with Crippen molar-refractivity contribution < 1.29 is 17.9 Å². The average molecular weight is 517 g/mol. The maximum absolute atomic E-state index is 13.0. The molecule has 1 saturated carbocycles. The quantitative estimate of drug-likeness (QED) is 0.550. The summed E-state index contributed by atoms with van der Waals surface area (Å²) >= 11 is 0. The van der Waals surface area contributed by atoms with Crippen LogP contribution in [-0.4, -0.2) is 89.1 Å². The van der Waals surface area contributed by atoms with Crippen molar-refractivity contribution in [1.82, 2.24) is 20.2 Å². The highest BCUT2D eigenvalue weighted by molar-refractivity contribution is 7.91. The molecule has 2 aromatic rings. The zero-order valence-electron chi connectivity index (χ0n) is 21.3. The molecular formula is C25H36N6O4S. The van der Waals surface area contributed by atoms with Crippen molar-refractivity contribution in [1.29, 1.82) is 0 Å². The van der Waals surface area contributed by atoms with Crippen molar-refractivity contribution in [2.45, 2.75) is 30.4 Å². The lowest BCUT2D eigenvalue weighted by Crippen LogP contribution is -2.38. The van der Waals surface area contributed by atoms with Gasteiger partial charge in [-0.2, -0.15) is 0 Å². The van der Waals surface area contributed by atoms with Gasteiger partial charge in [0.25, 0.3) is 0 Å². The highest BCUT2D eigenvalue weighted by Crippen LogP contribution is 2.45. The van der Waals surface area contributed by atoms with Crippen LogP contribution in [0.5, 0.6) is 0 Å². The number of benzene rings is 1. The Morgan fingerprint density at radius 3 is 2.39 bits per heavy atom. The van der Waals surface area contributed by atoms with Crippen molar-refractivity contribution in [2.24, 2.45) is 0 Å². The van der Waals surface area contributed by atoms with Gasteiger partial charge in [-0.3, -0.25) is 0 Å². The lowest BCUT2D eigenvalue weighted by atomic mass is 10.0. The standard InChI is InChI=1S/C25H36N6O4S/c1-30(2)13-12-26-24(32)27-20-8-6-19(7-9-20)23-28-21(25(36(3,33)34)10-4-5-11-25)18-22(29-23)31-14-16-35-17-15-31/h6-9,18H,4-5,10-17H2,1-3H3,(H2,26,27,32). The zero-order valence-corrected chi connectivity index (χ0v) is 22.1. The summed E-state index contributed by atoms with van der Waals surface area (Å²) in [5.41, 5.74) is 1.97. The van der Waals surface area contributed by atoms with E-state index >= 15 is 0 Å². The van der Waals surface area contributed by atoms with Crippen LogP contribution >= 0.6 is 0 Å². The maximum Gasteiger partial charge on any atom is 0.319 e. The second kappa shape index (κ2) is 11.1. The van der Waals surface area contributed by atoms with Crippen LogP contribution in [0.4, 0.5) is 16.3 Å². The van der Waals surface area contributed by atoms with E-state index in [1.165, 1.54) is 6.26 Å². The van der Waals surface area contributed by atoms with Crippen molar-refractivity contribution >= 4 is 27.4 Å². The zero-order chi connectivity index (χ0) is 25.8. The number of sulfone groups is 1. The van der Waals surface area contributed by atoms with Gasteiger partial charge in [-0.15, -0.1) is 0 Å². The number of morpholine rings is 1. The highest BCUT2D eigenvalue weighted by atomic mass is 32.2. The fourth-order valence-corrected chi connectivity index (χ4v) is 6.30. The molecule has 0 atom stereocenters. The van der Waals surface area contributed by atoms with Crippen LogP contribution in [-0.2, 0) is 19.3 Å². The van der Waals surface area contributed by atoms with Crippen LogP contribution in [0.1, 0.15) is 31.4 Å². The predicted molar refractivity (Wildman–Crippen MR) is 141 cm³/mol. The molecule has 0 bridgehead atoms. The van der Waals surface area contributed by atoms with E-state index in [0.717, 1.165) is 30.8 Å². The van der Waals surface area contributed by atoms with E-state index < -0.39 is 14.6 Å². The molecule has 1 aliphatic carbocycles. The third-order valence-electron chi connectivity index (χ3n) is 6.88. The number of nitrogens with zero attached hydrogens (tertiary/aromatic N) is 4. The number of aromatic nitrogens is 2. The molecule has 0 radical (unpaired) electrons. The summed E-state index contributed by atoms with van der Waals surface area (Å²) in [6, 6.07) is 8.88. The Bertz CT molecular complexity index is 1160. The Morgan fingerprint density at radius 1 is 1.11 bits per heavy atom. The summed E-state index contributed by atoms with van der Waals surface area (Å²) in [5.74, 6) is 1.20. The molecule has 1 aliphatic heterocycles. The Morgan fingerprint density at radius 2 is 1.78 bits per heavy atom. The van der Waals surface area contributed by atoms with Crippen LogP contribution in [0.3, 0.4) is 0 Å². The molecule has 2 aliphatic rings. The van der Waals surface area contributed by atoms with Crippen LogP contribution < -0.4 is 15.5 Å². The van der Waals surface area contributed by atoms with Crippen molar-refractivity contribution in [3.63, 3.8) is 0 Å². The highest BCUT2D eigenvalue weighted by Gasteiger charge is 2.46. The molecule has 10 nitrogen and oxygen atoms in total. The average Bonchev–Trinajstić information content (AvgIpc) is 3.36. The lowest BCUT2D eigenvalue weighted by Gasteiger charge is -2.31. The van der Waals surface area contributed by atoms with Crippen LogP contribution in [0.2, 0.25) is 0 Å². The van der Waals surface area contributed by atoms with Gasteiger partial charge in [-0.25, -0.2) is 23.2 Å². The smallest absolute Gasteiger partial charge is 0.319 e. The van der Waals surface area contributed by atoms with Gasteiger partial charge in [-0.05, 0) is 51.2 Å². The first-order chi connectivity index (χ1) is 17.2. The number of amides is 2. The number of anilines is 2. The molecule has 196 valence electrons. The topological polar surface area (TPSA) is 117 Å². The van der Waals surface area contributed by atoms with E-state index in [4.69, 9.17) is 14.7 Å². The van der Waals surface area contributed by atoms with Gasteiger partial charge >= 0.3 is 6.03 Å². The minimum Gasteiger partial charge on any atom is -0.378 e. The molecule has 1 saturated heterocycles. The predicted octanol–water partition coefficient (Wildman–Crippen LogP) is 2.48. The van der Waals surface area contributed by atoms with E-state index in [0.29, 0.717) is 62.9 Å². The number of carbonyl (C=O) groups is 1. The van der Waals surface area contributed by atoms with E-state index in [1.54, 1.807) is 12.1 Å². The Kier molecular flexibility index (Phi) is 8.11. The van der Waals surface area contributed by atoms with Gasteiger partial charge in [-0.1, -0.05) is 12.8 Å². The summed E-state index contributed by atoms with van der Waals surface area (Å²) in [4.78, 5) is 25.9. The van der Waals surface area contributed by atoms with Crippen molar-refractivity contribution in [3.8, 4) is 11.4 Å². The van der Waals surface area contributed by atoms with Crippen molar-refractivity contribution in [3.05, 3.63) is 36.0 Å². The van der Waals surface area contributed by atoms with E-state index in [9.17, 15) is 13.2 Å². The molecule has 1 aromatic heterocycles. The summed E-state index contributed by atoms with van der Waals surface area (Å²) < 4.78 is 30.5. The first kappa shape index (κ1) is 26.3. The molecule has 2 fully saturated rings. The van der Waals surface area contributed by atoms with Crippen LogP contribution in [0, 0.1) is 0 Å². The molecule has 2 amide bonds. The van der Waals surface area contributed by atoms with E-state index in [2.05, 4.69) is 15.5 Å². The molecule has 0 unspecified atom stereocenters. The minimum absolute atomic E-state index is 0.270. The van der Waals surface area contributed by atoms with E-state index in [1.807, 2.05) is 37.2 Å². The largest absolute Gasteiger partial charge is 0.378 e. The summed E-state index contributed by atoms with van der Waals surface area (Å²) in [7, 11) is 0.509. The fraction of sp³-hybridized carbons (Fsp3) is 0.560. The van der Waals surface area contributed by atoms with Gasteiger partial charge in [0.1, 0.15) is 10.6 Å². The van der Waals surface area contributed by atoms with Crippen molar-refractivity contribution in [2.75, 3.05) is 70.0 Å². The number of likely N-dealkylation sites (N-methyl/N-ethyl adjacent to an activating group) is 1. The molecule has 36 heavy (non-hydrogen) atoms. The van der Waals surface area contributed by atoms with Gasteiger partial charge < -0.3 is 25.2 Å². The van der Waals surface area contributed by atoms with Gasteiger partial charge in [0.15, 0.2) is 15.7 Å². The minimum atomic E-state index is -3.39. The molecule has 2 heterocycles.